The van der Waals surface area contributed by atoms with Crippen LogP contribution in [0.15, 0.2) is 24.3 Å². The van der Waals surface area contributed by atoms with E-state index in [9.17, 15) is 14.4 Å². The molecule has 0 saturated carbocycles. The average molecular weight is 319 g/mol. The van der Waals surface area contributed by atoms with Crippen LogP contribution in [0.3, 0.4) is 0 Å². The maximum Gasteiger partial charge on any atom is 0.253 e. The van der Waals surface area contributed by atoms with Crippen molar-refractivity contribution in [2.75, 3.05) is 26.0 Å². The Hall–Kier alpha value is -2.37. The van der Waals surface area contributed by atoms with Crippen LogP contribution in [-0.4, -0.2) is 43.3 Å². The molecule has 1 rings (SSSR count). The van der Waals surface area contributed by atoms with Gasteiger partial charge in [0.15, 0.2) is 0 Å². The minimum Gasteiger partial charge on any atom is -0.355 e. The molecule has 0 aromatic heterocycles. The van der Waals surface area contributed by atoms with Crippen molar-refractivity contribution < 1.29 is 14.4 Å². The van der Waals surface area contributed by atoms with Gasteiger partial charge in [-0.05, 0) is 18.2 Å². The van der Waals surface area contributed by atoms with E-state index in [0.29, 0.717) is 11.3 Å². The van der Waals surface area contributed by atoms with Crippen molar-refractivity contribution >= 4 is 23.4 Å². The van der Waals surface area contributed by atoms with Gasteiger partial charge in [0.1, 0.15) is 0 Å². The fourth-order valence-electron chi connectivity index (χ4n) is 1.77. The largest absolute Gasteiger partial charge is 0.355 e. The quantitative estimate of drug-likeness (QED) is 0.870. The van der Waals surface area contributed by atoms with Gasteiger partial charge in [-0.3, -0.25) is 14.4 Å². The molecule has 6 nitrogen and oxygen atoms in total. The summed E-state index contributed by atoms with van der Waals surface area (Å²) in [5, 5.41) is 5.45. The van der Waals surface area contributed by atoms with Crippen molar-refractivity contribution in [1.29, 1.82) is 0 Å². The number of hydrogen-bond donors (Lipinski definition) is 2. The molecule has 6 heteroatoms. The Balaban J connectivity index is 2.54. The van der Waals surface area contributed by atoms with E-state index >= 15 is 0 Å². The molecule has 0 spiro atoms. The zero-order chi connectivity index (χ0) is 17.6. The van der Waals surface area contributed by atoms with Gasteiger partial charge in [-0.15, -0.1) is 0 Å². The molecule has 0 aliphatic rings. The Labute approximate surface area is 137 Å². The fraction of sp³-hybridized carbons (Fsp3) is 0.471. The van der Waals surface area contributed by atoms with Gasteiger partial charge in [0.2, 0.25) is 11.8 Å². The second-order valence-electron chi connectivity index (χ2n) is 6.58. The number of hydrogen-bond acceptors (Lipinski definition) is 3. The molecule has 0 atom stereocenters. The summed E-state index contributed by atoms with van der Waals surface area (Å²) in [7, 11) is 3.34. The van der Waals surface area contributed by atoms with Crippen molar-refractivity contribution in [3.8, 4) is 0 Å². The zero-order valence-corrected chi connectivity index (χ0v) is 14.4. The highest BCUT2D eigenvalue weighted by atomic mass is 16.2. The fourth-order valence-corrected chi connectivity index (χ4v) is 1.77. The van der Waals surface area contributed by atoms with E-state index in [0.717, 1.165) is 0 Å². The van der Waals surface area contributed by atoms with Crippen LogP contribution in [-0.2, 0) is 9.59 Å². The first-order valence-electron chi connectivity index (χ1n) is 7.51. The van der Waals surface area contributed by atoms with Crippen molar-refractivity contribution in [2.45, 2.75) is 27.2 Å². The molecular weight excluding hydrogens is 294 g/mol. The number of rotatable bonds is 5. The van der Waals surface area contributed by atoms with Crippen molar-refractivity contribution in [2.24, 2.45) is 5.41 Å². The molecule has 0 saturated heterocycles. The summed E-state index contributed by atoms with van der Waals surface area (Å²) in [6.45, 7) is 5.72. The molecule has 0 heterocycles. The highest BCUT2D eigenvalue weighted by Crippen LogP contribution is 2.13. The molecule has 0 unspecified atom stereocenters. The molecule has 126 valence electrons. The number of carbonyl (C=O) groups is 3. The van der Waals surface area contributed by atoms with Crippen molar-refractivity contribution in [1.82, 2.24) is 10.2 Å². The number of nitrogens with one attached hydrogen (secondary N) is 2. The van der Waals surface area contributed by atoms with E-state index in [4.69, 9.17) is 0 Å². The molecule has 0 radical (unpaired) electrons. The molecular formula is C17H25N3O3. The lowest BCUT2D eigenvalue weighted by Crippen LogP contribution is -2.36. The predicted octanol–water partition coefficient (Wildman–Crippen LogP) is 1.88. The second kappa shape index (κ2) is 7.76. The van der Waals surface area contributed by atoms with Crippen LogP contribution in [0.4, 0.5) is 5.69 Å². The van der Waals surface area contributed by atoms with E-state index in [1.165, 1.54) is 4.90 Å². The second-order valence-corrected chi connectivity index (χ2v) is 6.58. The summed E-state index contributed by atoms with van der Waals surface area (Å²) >= 11 is 0. The molecule has 0 aliphatic heterocycles. The monoisotopic (exact) mass is 319 g/mol. The van der Waals surface area contributed by atoms with Crippen LogP contribution < -0.4 is 10.6 Å². The first kappa shape index (κ1) is 18.7. The Morgan fingerprint density at radius 3 is 2.35 bits per heavy atom. The van der Waals surface area contributed by atoms with Gasteiger partial charge >= 0.3 is 0 Å². The maximum absolute atomic E-state index is 11.9. The molecule has 3 amide bonds. The summed E-state index contributed by atoms with van der Waals surface area (Å²) in [4.78, 5) is 37.0. The van der Waals surface area contributed by atoms with Gasteiger partial charge in [0, 0.05) is 43.7 Å². The van der Waals surface area contributed by atoms with Crippen LogP contribution in [0.2, 0.25) is 0 Å². The summed E-state index contributed by atoms with van der Waals surface area (Å²) in [6.07, 6.45) is 0.174. The van der Waals surface area contributed by atoms with E-state index in [1.807, 2.05) is 20.8 Å². The zero-order valence-electron chi connectivity index (χ0n) is 14.4. The van der Waals surface area contributed by atoms with Crippen molar-refractivity contribution in [3.63, 3.8) is 0 Å². The topological polar surface area (TPSA) is 78.5 Å². The first-order valence-corrected chi connectivity index (χ1v) is 7.51. The molecule has 1 aromatic carbocycles. The summed E-state index contributed by atoms with van der Waals surface area (Å²) in [5.74, 6) is -0.434. The van der Waals surface area contributed by atoms with Gasteiger partial charge in [-0.25, -0.2) is 0 Å². The minimum atomic E-state index is -0.475. The lowest BCUT2D eigenvalue weighted by molar-refractivity contribution is -0.128. The Bertz CT molecular complexity index is 589. The third kappa shape index (κ3) is 6.10. The standard InChI is InChI=1S/C17H25N3O3/c1-17(2,3)16(23)18-10-9-14(21)19-13-8-6-7-12(11-13)15(22)20(4)5/h6-8,11H,9-10H2,1-5H3,(H,18,23)(H,19,21). The molecule has 2 N–H and O–H groups in total. The molecule has 0 aliphatic carbocycles. The molecule has 0 bridgehead atoms. The number of amides is 3. The minimum absolute atomic E-state index is 0.0936. The smallest absolute Gasteiger partial charge is 0.253 e. The summed E-state index contributed by atoms with van der Waals surface area (Å²) in [5.41, 5.74) is 0.593. The predicted molar refractivity (Wildman–Crippen MR) is 90.2 cm³/mol. The number of benzene rings is 1. The van der Waals surface area contributed by atoms with Gasteiger partial charge in [-0.2, -0.15) is 0 Å². The molecule has 1 aromatic rings. The summed E-state index contributed by atoms with van der Waals surface area (Å²) in [6, 6.07) is 6.77. The lowest BCUT2D eigenvalue weighted by atomic mass is 9.96. The number of anilines is 1. The Morgan fingerprint density at radius 1 is 1.13 bits per heavy atom. The number of carbonyl (C=O) groups excluding carboxylic acids is 3. The van der Waals surface area contributed by atoms with Crippen LogP contribution >= 0.6 is 0 Å². The van der Waals surface area contributed by atoms with Crippen LogP contribution in [0, 0.1) is 5.41 Å². The maximum atomic E-state index is 11.9. The third-order valence-corrected chi connectivity index (χ3v) is 3.12. The third-order valence-electron chi connectivity index (χ3n) is 3.12. The SMILES string of the molecule is CN(C)C(=O)c1cccc(NC(=O)CCNC(=O)C(C)(C)C)c1. The highest BCUT2D eigenvalue weighted by Gasteiger charge is 2.20. The Morgan fingerprint density at radius 2 is 1.78 bits per heavy atom. The van der Waals surface area contributed by atoms with E-state index in [2.05, 4.69) is 10.6 Å². The first-order chi connectivity index (χ1) is 10.6. The van der Waals surface area contributed by atoms with E-state index in [1.54, 1.807) is 38.4 Å². The van der Waals surface area contributed by atoms with E-state index in [-0.39, 0.29) is 30.7 Å². The normalized spacial score (nSPS) is 10.8. The van der Waals surface area contributed by atoms with Gasteiger partial charge in [0.05, 0.1) is 0 Å². The van der Waals surface area contributed by atoms with Gasteiger partial charge in [0.25, 0.3) is 5.91 Å². The van der Waals surface area contributed by atoms with E-state index < -0.39 is 5.41 Å². The van der Waals surface area contributed by atoms with Crippen LogP contribution in [0.5, 0.6) is 0 Å². The Kier molecular flexibility index (Phi) is 6.30. The molecule has 23 heavy (non-hydrogen) atoms. The van der Waals surface area contributed by atoms with Gasteiger partial charge in [-0.1, -0.05) is 26.8 Å². The lowest BCUT2D eigenvalue weighted by Gasteiger charge is -2.17. The molecule has 0 fully saturated rings. The highest BCUT2D eigenvalue weighted by molar-refractivity contribution is 5.97. The van der Waals surface area contributed by atoms with Gasteiger partial charge < -0.3 is 15.5 Å². The average Bonchev–Trinajstić information content (AvgIpc) is 2.45. The van der Waals surface area contributed by atoms with Crippen molar-refractivity contribution in [3.05, 3.63) is 29.8 Å². The summed E-state index contributed by atoms with van der Waals surface area (Å²) < 4.78 is 0. The van der Waals surface area contributed by atoms with Crippen LogP contribution in [0.25, 0.3) is 0 Å². The number of nitrogens with zero attached hydrogens (tertiary/aromatic N) is 1. The van der Waals surface area contributed by atoms with Crippen LogP contribution in [0.1, 0.15) is 37.6 Å².